The lowest BCUT2D eigenvalue weighted by atomic mass is 9.86. The van der Waals surface area contributed by atoms with Gasteiger partial charge in [0.15, 0.2) is 0 Å². The van der Waals surface area contributed by atoms with Crippen LogP contribution in [-0.2, 0) is 75.5 Å². The Kier molecular flexibility index (Phi) is 23.1. The summed E-state index contributed by atoms with van der Waals surface area (Å²) in [5.74, 6) is -1.28. The number of hydrogen-bond donors (Lipinski definition) is 2. The molecular weight excluding hydrogens is 1130 g/mol. The number of hydrogen-bond acceptors (Lipinski definition) is 14. The zero-order valence-electron chi connectivity index (χ0n) is 52.2. The highest BCUT2D eigenvalue weighted by Gasteiger charge is 2.42. The van der Waals surface area contributed by atoms with Crippen molar-refractivity contribution in [3.8, 4) is 34.1 Å². The first-order chi connectivity index (χ1) is 43.3. The molecule has 0 spiro atoms. The number of nitrogens with zero attached hydrogens (tertiary/aromatic N) is 1. The molecule has 1 aliphatic heterocycles. The summed E-state index contributed by atoms with van der Waals surface area (Å²) in [5.41, 5.74) is 7.96. The molecule has 9 rings (SSSR count). The van der Waals surface area contributed by atoms with E-state index in [1.165, 1.54) is 14.2 Å². The van der Waals surface area contributed by atoms with E-state index in [-0.39, 0.29) is 63.1 Å². The quantitative estimate of drug-likeness (QED) is 0.0267. The number of esters is 2. The van der Waals surface area contributed by atoms with Gasteiger partial charge in [0.2, 0.25) is 11.8 Å². The van der Waals surface area contributed by atoms with Crippen LogP contribution in [0.1, 0.15) is 110 Å². The normalized spacial score (nSPS) is 16.8. The van der Waals surface area contributed by atoms with E-state index < -0.39 is 60.0 Å². The first-order valence-corrected chi connectivity index (χ1v) is 31.0. The summed E-state index contributed by atoms with van der Waals surface area (Å²) in [6, 6.07) is 41.1. The lowest BCUT2D eigenvalue weighted by Gasteiger charge is -2.34. The van der Waals surface area contributed by atoms with Gasteiger partial charge in [-0.15, -0.1) is 0 Å². The highest BCUT2D eigenvalue weighted by molar-refractivity contribution is 5.87. The first kappa shape index (κ1) is 65.0. The molecule has 3 amide bonds. The molecule has 472 valence electrons. The van der Waals surface area contributed by atoms with Gasteiger partial charge in [0.05, 0.1) is 51.4 Å². The fraction of sp³-hybridized carbons (Fsp3) is 0.431. The van der Waals surface area contributed by atoms with E-state index in [4.69, 9.17) is 42.6 Å². The van der Waals surface area contributed by atoms with Gasteiger partial charge in [-0.25, -0.2) is 14.4 Å². The predicted molar refractivity (Wildman–Crippen MR) is 337 cm³/mol. The molecule has 89 heavy (non-hydrogen) atoms. The van der Waals surface area contributed by atoms with Crippen molar-refractivity contribution < 1.29 is 66.6 Å². The number of amides is 3. The highest BCUT2D eigenvalue weighted by atomic mass is 16.6. The van der Waals surface area contributed by atoms with Crippen LogP contribution in [0.4, 0.5) is 4.79 Å². The van der Waals surface area contributed by atoms with Crippen molar-refractivity contribution in [3.63, 3.8) is 0 Å². The molecule has 3 aliphatic rings. The summed E-state index contributed by atoms with van der Waals surface area (Å²) in [6.45, 7) is 3.96. The van der Waals surface area contributed by atoms with Crippen LogP contribution < -0.4 is 29.6 Å². The molecule has 1 saturated heterocycles. The summed E-state index contributed by atoms with van der Waals surface area (Å²) in [4.78, 5) is 72.8. The van der Waals surface area contributed by atoms with Gasteiger partial charge in [-0.3, -0.25) is 9.59 Å². The molecular formula is C72H85N3O14. The van der Waals surface area contributed by atoms with Gasteiger partial charge >= 0.3 is 18.0 Å². The summed E-state index contributed by atoms with van der Waals surface area (Å²) in [7, 11) is 7.81. The van der Waals surface area contributed by atoms with Gasteiger partial charge in [0.25, 0.3) is 0 Å². The van der Waals surface area contributed by atoms with Crippen molar-refractivity contribution in [3.05, 3.63) is 178 Å². The first-order valence-electron chi connectivity index (χ1n) is 31.0. The third kappa shape index (κ3) is 16.5. The molecule has 0 aromatic heterocycles. The van der Waals surface area contributed by atoms with Crippen molar-refractivity contribution in [2.75, 3.05) is 48.7 Å². The number of fused-ring (bicyclic) bond motifs is 3. The SMILES string of the molecule is COc1ccc(COC(=O)[C@H](Cc2cccc(COc3cc(OC)ccc3COC(=O)[C@H](Cc3ccccc3)NC(=O)[C@H](C)[C@@H](OC)[C@@H]3CCCN3C(=O)OCC3c4ccccc4-c4ccccc43)c2)NC(=O)[C@H](C)[C@@H](OC)C2CCCCCC2)c(OC)c1. The number of ether oxygens (including phenoxy) is 9. The Balaban J connectivity index is 0.853. The molecule has 2 N–H and O–H groups in total. The van der Waals surface area contributed by atoms with Crippen molar-refractivity contribution in [2.45, 2.75) is 134 Å². The molecule has 2 fully saturated rings. The van der Waals surface area contributed by atoms with Crippen LogP contribution in [0.5, 0.6) is 23.0 Å². The van der Waals surface area contributed by atoms with Crippen LogP contribution in [0.3, 0.4) is 0 Å². The second-order valence-electron chi connectivity index (χ2n) is 23.4. The zero-order chi connectivity index (χ0) is 62.8. The van der Waals surface area contributed by atoms with Gasteiger partial charge in [0.1, 0.15) is 61.5 Å². The minimum absolute atomic E-state index is 0.0690. The Hall–Kier alpha value is -8.41. The summed E-state index contributed by atoms with van der Waals surface area (Å²) >= 11 is 0. The molecule has 0 unspecified atom stereocenters. The molecule has 6 aromatic carbocycles. The van der Waals surface area contributed by atoms with Crippen LogP contribution in [0.2, 0.25) is 0 Å². The maximum atomic E-state index is 14.4. The van der Waals surface area contributed by atoms with E-state index in [0.29, 0.717) is 53.5 Å². The van der Waals surface area contributed by atoms with Crippen molar-refractivity contribution in [2.24, 2.45) is 17.8 Å². The number of rotatable bonds is 28. The molecule has 17 heteroatoms. The second kappa shape index (κ2) is 31.7. The number of benzene rings is 6. The smallest absolute Gasteiger partial charge is 0.410 e. The molecule has 1 saturated carbocycles. The summed E-state index contributed by atoms with van der Waals surface area (Å²) in [5, 5.41) is 6.02. The molecule has 17 nitrogen and oxygen atoms in total. The maximum Gasteiger partial charge on any atom is 0.410 e. The minimum Gasteiger partial charge on any atom is -0.497 e. The Morgan fingerprint density at radius 2 is 1.03 bits per heavy atom. The molecule has 0 radical (unpaired) electrons. The lowest BCUT2D eigenvalue weighted by Crippen LogP contribution is -2.52. The third-order valence-corrected chi connectivity index (χ3v) is 17.8. The molecule has 2 aliphatic carbocycles. The molecule has 6 aromatic rings. The Morgan fingerprint density at radius 3 is 1.62 bits per heavy atom. The number of nitrogens with one attached hydrogen (secondary N) is 2. The fourth-order valence-electron chi connectivity index (χ4n) is 12.9. The van der Waals surface area contributed by atoms with Crippen molar-refractivity contribution in [1.82, 2.24) is 15.5 Å². The monoisotopic (exact) mass is 1220 g/mol. The van der Waals surface area contributed by atoms with Crippen LogP contribution in [0.15, 0.2) is 140 Å². The fourth-order valence-corrected chi connectivity index (χ4v) is 12.9. The van der Waals surface area contributed by atoms with Gasteiger partial charge in [0, 0.05) is 62.8 Å². The van der Waals surface area contributed by atoms with Crippen molar-refractivity contribution in [1.29, 1.82) is 0 Å². The van der Waals surface area contributed by atoms with Crippen LogP contribution in [0.25, 0.3) is 11.1 Å². The number of carbonyl (C=O) groups is 5. The standard InChI is InChI=1S/C72H85N3O14/c1-46(66(84-6)51-25-13-8-9-14-26-51)68(76)74-62(71(79)87-43-52-32-34-54(81-3)40-64(52)83-5)39-49-23-19-24-50(37-49)42-86-65-41-55(82-4)35-33-53(65)44-88-70(78)61(38-48-21-11-10-12-22-48)73-69(77)47(2)67(85-7)63-31-20-36-75(63)72(80)89-45-60-58-29-17-15-27-56(58)57-28-16-18-30-59(57)60/h10-12,15-19,21-24,27-30,32-35,37,40-41,46-47,51,60-63,66-67H,8-9,13-14,20,25-26,31,36,38-39,42-45H2,1-7H3,(H,73,77)(H,74,76)/t46-,47-,61+,62+,63+,66-,67-/m1/s1. The zero-order valence-corrected chi connectivity index (χ0v) is 52.2. The second-order valence-corrected chi connectivity index (χ2v) is 23.4. The average Bonchev–Trinajstić information content (AvgIpc) is 1.70. The van der Waals surface area contributed by atoms with E-state index in [0.717, 1.165) is 77.5 Å². The van der Waals surface area contributed by atoms with Gasteiger partial charge < -0.3 is 58.2 Å². The van der Waals surface area contributed by atoms with Crippen LogP contribution in [0, 0.1) is 17.8 Å². The number of methoxy groups -OCH3 is 5. The van der Waals surface area contributed by atoms with Crippen molar-refractivity contribution >= 4 is 29.8 Å². The Labute approximate surface area is 523 Å². The topological polar surface area (TPSA) is 196 Å². The minimum atomic E-state index is -1.10. The number of likely N-dealkylation sites (tertiary alicyclic amines) is 1. The molecule has 7 atom stereocenters. The van der Waals surface area contributed by atoms with Crippen LogP contribution in [-0.4, -0.2) is 114 Å². The predicted octanol–water partition coefficient (Wildman–Crippen LogP) is 11.5. The van der Waals surface area contributed by atoms with E-state index in [1.54, 1.807) is 69.6 Å². The summed E-state index contributed by atoms with van der Waals surface area (Å²) in [6.07, 6.45) is 6.49. The van der Waals surface area contributed by atoms with Gasteiger partial charge in [-0.2, -0.15) is 0 Å². The van der Waals surface area contributed by atoms with Gasteiger partial charge in [-0.1, -0.05) is 143 Å². The number of carbonyl (C=O) groups excluding carboxylic acids is 5. The molecule has 1 heterocycles. The van der Waals surface area contributed by atoms with Crippen LogP contribution >= 0.6 is 0 Å². The Morgan fingerprint density at radius 1 is 0.506 bits per heavy atom. The average molecular weight is 1220 g/mol. The van der Waals surface area contributed by atoms with E-state index in [1.807, 2.05) is 85.8 Å². The molecule has 0 bridgehead atoms. The lowest BCUT2D eigenvalue weighted by molar-refractivity contribution is -0.150. The highest BCUT2D eigenvalue weighted by Crippen LogP contribution is 2.45. The largest absolute Gasteiger partial charge is 0.497 e. The van der Waals surface area contributed by atoms with E-state index >= 15 is 0 Å². The van der Waals surface area contributed by atoms with E-state index in [2.05, 4.69) is 34.9 Å². The summed E-state index contributed by atoms with van der Waals surface area (Å²) < 4.78 is 53.1. The van der Waals surface area contributed by atoms with Gasteiger partial charge in [-0.05, 0) is 94.8 Å². The maximum absolute atomic E-state index is 14.4. The third-order valence-electron chi connectivity index (χ3n) is 17.8. The Bertz CT molecular complexity index is 3300. The van der Waals surface area contributed by atoms with E-state index in [9.17, 15) is 24.0 Å².